The predicted octanol–water partition coefficient (Wildman–Crippen LogP) is 2.70. The van der Waals surface area contributed by atoms with E-state index < -0.39 is 0 Å². The van der Waals surface area contributed by atoms with Gasteiger partial charge in [0.25, 0.3) is 0 Å². The molecule has 0 aliphatic carbocycles. The smallest absolute Gasteiger partial charge is 0.191 e. The quantitative estimate of drug-likeness (QED) is 0.776. The first-order valence-electron chi connectivity index (χ1n) is 4.54. The Kier molecular flexibility index (Phi) is 2.67. The topological polar surface area (TPSA) is 35.3 Å². The molecule has 1 aromatic heterocycles. The Balaban J connectivity index is 1.99. The van der Waals surface area contributed by atoms with Crippen LogP contribution in [0, 0.1) is 12.7 Å². The summed E-state index contributed by atoms with van der Waals surface area (Å²) in [5.74, 6) is 1.37. The molecule has 0 saturated heterocycles. The third-order valence-electron chi connectivity index (χ3n) is 1.85. The maximum absolute atomic E-state index is 12.8. The average molecular weight is 207 g/mol. The van der Waals surface area contributed by atoms with Crippen molar-refractivity contribution < 1.29 is 13.5 Å². The van der Waals surface area contributed by atoms with Crippen molar-refractivity contribution in [2.24, 2.45) is 0 Å². The van der Waals surface area contributed by atoms with Gasteiger partial charge in [-0.15, -0.1) is 0 Å². The van der Waals surface area contributed by atoms with Gasteiger partial charge in [-0.3, -0.25) is 0 Å². The molecule has 0 fully saturated rings. The van der Waals surface area contributed by atoms with Crippen LogP contribution in [0.25, 0.3) is 0 Å². The van der Waals surface area contributed by atoms with Gasteiger partial charge >= 0.3 is 0 Å². The zero-order chi connectivity index (χ0) is 10.7. The molecule has 0 unspecified atom stereocenters. The fraction of sp³-hybridized carbons (Fsp3) is 0.182. The second-order valence-electron chi connectivity index (χ2n) is 3.09. The summed E-state index contributed by atoms with van der Waals surface area (Å²) in [6.45, 7) is 2.01. The van der Waals surface area contributed by atoms with Crippen LogP contribution in [0.15, 0.2) is 34.9 Å². The molecule has 0 N–H and O–H groups in total. The summed E-state index contributed by atoms with van der Waals surface area (Å²) in [7, 11) is 0. The lowest BCUT2D eigenvalue weighted by Crippen LogP contribution is -1.93. The molecule has 2 rings (SSSR count). The van der Waals surface area contributed by atoms with Crippen LogP contribution in [0.2, 0.25) is 0 Å². The highest BCUT2D eigenvalue weighted by molar-refractivity contribution is 5.22. The number of nitrogens with zero attached hydrogens (tertiary/aromatic N) is 1. The Morgan fingerprint density at radius 3 is 3.00 bits per heavy atom. The summed E-state index contributed by atoms with van der Waals surface area (Å²) >= 11 is 0. The number of aromatic nitrogens is 1. The van der Waals surface area contributed by atoms with E-state index in [0.717, 1.165) is 0 Å². The fourth-order valence-corrected chi connectivity index (χ4v) is 1.18. The molecule has 0 spiro atoms. The van der Waals surface area contributed by atoms with Crippen molar-refractivity contribution in [1.82, 2.24) is 4.98 Å². The summed E-state index contributed by atoms with van der Waals surface area (Å²) < 4.78 is 23.3. The van der Waals surface area contributed by atoms with Crippen molar-refractivity contribution >= 4 is 0 Å². The number of benzene rings is 1. The van der Waals surface area contributed by atoms with Crippen LogP contribution in [0.1, 0.15) is 11.7 Å². The number of rotatable bonds is 3. The van der Waals surface area contributed by atoms with Crippen LogP contribution in [-0.4, -0.2) is 4.98 Å². The van der Waals surface area contributed by atoms with E-state index in [0.29, 0.717) is 17.4 Å². The molecule has 0 radical (unpaired) electrons. The predicted molar refractivity (Wildman–Crippen MR) is 52.0 cm³/mol. The average Bonchev–Trinajstić information content (AvgIpc) is 2.62. The number of aryl methyl sites for hydroxylation is 1. The zero-order valence-electron chi connectivity index (χ0n) is 8.24. The highest BCUT2D eigenvalue weighted by Crippen LogP contribution is 2.14. The Morgan fingerprint density at radius 2 is 2.33 bits per heavy atom. The first-order chi connectivity index (χ1) is 7.24. The first-order valence-corrected chi connectivity index (χ1v) is 4.54. The molecular weight excluding hydrogens is 197 g/mol. The van der Waals surface area contributed by atoms with E-state index >= 15 is 0 Å². The molecule has 0 aliphatic rings. The van der Waals surface area contributed by atoms with E-state index in [1.165, 1.54) is 12.1 Å². The van der Waals surface area contributed by atoms with Gasteiger partial charge in [0.1, 0.15) is 18.2 Å². The van der Waals surface area contributed by atoms with E-state index in [9.17, 15) is 4.39 Å². The van der Waals surface area contributed by atoms with Gasteiger partial charge in [-0.1, -0.05) is 6.07 Å². The Hall–Kier alpha value is -1.84. The van der Waals surface area contributed by atoms with Gasteiger partial charge in [-0.2, -0.15) is 0 Å². The molecule has 1 heterocycles. The first kappa shape index (κ1) is 9.71. The molecule has 4 heteroatoms. The molecule has 78 valence electrons. The highest BCUT2D eigenvalue weighted by atomic mass is 19.1. The molecular formula is C11H10FNO2. The second kappa shape index (κ2) is 4.13. The van der Waals surface area contributed by atoms with Gasteiger partial charge in [0.05, 0.1) is 6.20 Å². The van der Waals surface area contributed by atoms with Gasteiger partial charge in [-0.05, 0) is 12.1 Å². The third kappa shape index (κ3) is 2.56. The van der Waals surface area contributed by atoms with Crippen LogP contribution in [0.5, 0.6) is 5.75 Å². The minimum absolute atomic E-state index is 0.254. The van der Waals surface area contributed by atoms with Crippen molar-refractivity contribution in [3.63, 3.8) is 0 Å². The van der Waals surface area contributed by atoms with Crippen molar-refractivity contribution in [3.8, 4) is 5.75 Å². The van der Waals surface area contributed by atoms with Crippen LogP contribution in [0.3, 0.4) is 0 Å². The van der Waals surface area contributed by atoms with E-state index in [4.69, 9.17) is 9.15 Å². The van der Waals surface area contributed by atoms with E-state index in [-0.39, 0.29) is 12.4 Å². The fourth-order valence-electron chi connectivity index (χ4n) is 1.18. The monoisotopic (exact) mass is 207 g/mol. The normalized spacial score (nSPS) is 10.3. The Morgan fingerprint density at radius 1 is 1.47 bits per heavy atom. The number of oxazole rings is 1. The van der Waals surface area contributed by atoms with Crippen molar-refractivity contribution in [2.45, 2.75) is 13.5 Å². The lowest BCUT2D eigenvalue weighted by atomic mass is 10.3. The molecule has 0 saturated carbocycles. The van der Waals surface area contributed by atoms with Gasteiger partial charge in [-0.25, -0.2) is 9.37 Å². The molecule has 0 atom stereocenters. The third-order valence-corrected chi connectivity index (χ3v) is 1.85. The molecule has 3 nitrogen and oxygen atoms in total. The largest absolute Gasteiger partial charge is 0.485 e. The maximum Gasteiger partial charge on any atom is 0.191 e. The van der Waals surface area contributed by atoms with Crippen LogP contribution < -0.4 is 4.74 Å². The summed E-state index contributed by atoms with van der Waals surface area (Å²) in [6.07, 6.45) is 1.59. The SMILES string of the molecule is Cc1ncc(COc2cccc(F)c2)o1. The van der Waals surface area contributed by atoms with E-state index in [1.54, 1.807) is 25.3 Å². The van der Waals surface area contributed by atoms with Gasteiger partial charge < -0.3 is 9.15 Å². The van der Waals surface area contributed by atoms with Gasteiger partial charge in [0, 0.05) is 13.0 Å². The van der Waals surface area contributed by atoms with Crippen LogP contribution in [0.4, 0.5) is 4.39 Å². The standard InChI is InChI=1S/C11H10FNO2/c1-8-13-6-11(15-8)7-14-10-4-2-3-9(12)5-10/h2-6H,7H2,1H3. The molecule has 2 aromatic rings. The minimum Gasteiger partial charge on any atom is -0.485 e. The molecule has 0 bridgehead atoms. The van der Waals surface area contributed by atoms with Crippen molar-refractivity contribution in [3.05, 3.63) is 47.9 Å². The lowest BCUT2D eigenvalue weighted by molar-refractivity contribution is 0.266. The lowest BCUT2D eigenvalue weighted by Gasteiger charge is -2.02. The zero-order valence-corrected chi connectivity index (χ0v) is 8.24. The van der Waals surface area contributed by atoms with E-state index in [2.05, 4.69) is 4.98 Å². The maximum atomic E-state index is 12.8. The summed E-state index contributed by atoms with van der Waals surface area (Å²) in [4.78, 5) is 3.93. The summed E-state index contributed by atoms with van der Waals surface area (Å²) in [6, 6.07) is 5.97. The Labute approximate surface area is 86.5 Å². The Bertz CT molecular complexity index is 453. The summed E-state index contributed by atoms with van der Waals surface area (Å²) in [5.41, 5.74) is 0. The second-order valence-corrected chi connectivity index (χ2v) is 3.09. The van der Waals surface area contributed by atoms with Gasteiger partial charge in [0.15, 0.2) is 11.7 Å². The van der Waals surface area contributed by atoms with Crippen LogP contribution in [-0.2, 0) is 6.61 Å². The number of hydrogen-bond acceptors (Lipinski definition) is 3. The molecule has 0 amide bonds. The number of halogens is 1. The van der Waals surface area contributed by atoms with Crippen molar-refractivity contribution in [2.75, 3.05) is 0 Å². The molecule has 0 aliphatic heterocycles. The molecule has 15 heavy (non-hydrogen) atoms. The summed E-state index contributed by atoms with van der Waals surface area (Å²) in [5, 5.41) is 0. The number of ether oxygens (including phenoxy) is 1. The van der Waals surface area contributed by atoms with E-state index in [1.807, 2.05) is 0 Å². The minimum atomic E-state index is -0.318. The highest BCUT2D eigenvalue weighted by Gasteiger charge is 2.01. The van der Waals surface area contributed by atoms with Crippen molar-refractivity contribution in [1.29, 1.82) is 0 Å². The molecule has 1 aromatic carbocycles. The van der Waals surface area contributed by atoms with Gasteiger partial charge in [0.2, 0.25) is 0 Å². The number of hydrogen-bond donors (Lipinski definition) is 0. The van der Waals surface area contributed by atoms with Crippen LogP contribution >= 0.6 is 0 Å².